The second kappa shape index (κ2) is 8.49. The Bertz CT molecular complexity index is 854. The molecular weight excluding hydrogens is 463 g/mol. The van der Waals surface area contributed by atoms with E-state index in [4.69, 9.17) is 0 Å². The van der Waals surface area contributed by atoms with E-state index in [-0.39, 0.29) is 24.1 Å². The summed E-state index contributed by atoms with van der Waals surface area (Å²) in [5, 5.41) is 2.90. The predicted octanol–water partition coefficient (Wildman–Crippen LogP) is 3.47. The van der Waals surface area contributed by atoms with Gasteiger partial charge in [-0.1, -0.05) is 30.3 Å². The number of hydrogen-bond donors (Lipinski definition) is 1. The average molecular weight is 484 g/mol. The first kappa shape index (κ1) is 19.3. The third-order valence-corrected chi connectivity index (χ3v) is 6.99. The molecule has 0 bridgehead atoms. The van der Waals surface area contributed by atoms with Crippen LogP contribution in [0.1, 0.15) is 18.4 Å². The maximum Gasteiger partial charge on any atom is 0.228 e. The molecule has 0 aromatic heterocycles. The molecule has 1 aliphatic heterocycles. The molecule has 0 unspecified atom stereocenters. The fourth-order valence-electron chi connectivity index (χ4n) is 3.06. The van der Waals surface area contributed by atoms with Crippen molar-refractivity contribution in [2.24, 2.45) is 5.92 Å². The highest BCUT2D eigenvalue weighted by Crippen LogP contribution is 2.23. The van der Waals surface area contributed by atoms with Gasteiger partial charge in [-0.05, 0) is 65.3 Å². The van der Waals surface area contributed by atoms with Crippen molar-refractivity contribution in [2.75, 3.05) is 18.4 Å². The van der Waals surface area contributed by atoms with Gasteiger partial charge in [0.15, 0.2) is 0 Å². The first-order valence-electron chi connectivity index (χ1n) is 8.52. The molecule has 1 atom stereocenters. The molecule has 2 aromatic rings. The van der Waals surface area contributed by atoms with Crippen LogP contribution in [0.2, 0.25) is 0 Å². The molecular formula is C19H21IN2O3S. The molecule has 2 aromatic carbocycles. The summed E-state index contributed by atoms with van der Waals surface area (Å²) in [6.45, 7) is 0.716. The number of sulfonamides is 1. The molecule has 1 saturated heterocycles. The zero-order chi connectivity index (χ0) is 18.6. The van der Waals surface area contributed by atoms with E-state index in [1.54, 1.807) is 0 Å². The predicted molar refractivity (Wildman–Crippen MR) is 111 cm³/mol. The van der Waals surface area contributed by atoms with E-state index >= 15 is 0 Å². The van der Waals surface area contributed by atoms with Gasteiger partial charge in [0, 0.05) is 22.3 Å². The van der Waals surface area contributed by atoms with Crippen molar-refractivity contribution in [2.45, 2.75) is 18.6 Å². The lowest BCUT2D eigenvalue weighted by molar-refractivity contribution is -0.120. The third-order valence-electron chi connectivity index (χ3n) is 4.45. The molecule has 1 amide bonds. The van der Waals surface area contributed by atoms with Gasteiger partial charge in [-0.3, -0.25) is 4.79 Å². The summed E-state index contributed by atoms with van der Waals surface area (Å²) >= 11 is 2.21. The van der Waals surface area contributed by atoms with E-state index in [9.17, 15) is 13.2 Å². The maximum absolute atomic E-state index is 12.7. The van der Waals surface area contributed by atoms with Crippen molar-refractivity contribution in [1.29, 1.82) is 0 Å². The summed E-state index contributed by atoms with van der Waals surface area (Å²) in [7, 11) is -3.43. The van der Waals surface area contributed by atoms with Crippen molar-refractivity contribution >= 4 is 44.2 Å². The smallest absolute Gasteiger partial charge is 0.228 e. The fraction of sp³-hybridized carbons (Fsp3) is 0.316. The minimum atomic E-state index is -3.43. The van der Waals surface area contributed by atoms with Crippen LogP contribution in [0.15, 0.2) is 54.6 Å². The van der Waals surface area contributed by atoms with Gasteiger partial charge in [0.25, 0.3) is 0 Å². The highest BCUT2D eigenvalue weighted by Gasteiger charge is 2.32. The van der Waals surface area contributed by atoms with Gasteiger partial charge in [-0.15, -0.1) is 0 Å². The summed E-state index contributed by atoms with van der Waals surface area (Å²) in [4.78, 5) is 12.5. The average Bonchev–Trinajstić information content (AvgIpc) is 2.64. The van der Waals surface area contributed by atoms with Crippen LogP contribution in [-0.4, -0.2) is 31.7 Å². The van der Waals surface area contributed by atoms with E-state index in [0.29, 0.717) is 19.4 Å². The monoisotopic (exact) mass is 484 g/mol. The fourth-order valence-corrected chi connectivity index (χ4v) is 5.03. The van der Waals surface area contributed by atoms with Crippen molar-refractivity contribution in [3.05, 3.63) is 63.7 Å². The van der Waals surface area contributed by atoms with Gasteiger partial charge in [-0.25, -0.2) is 12.7 Å². The SMILES string of the molecule is O=C(Nc1ccc(I)cc1)[C@H]1CCCN(S(=O)(=O)Cc2ccccc2)C1. The molecule has 0 spiro atoms. The standard InChI is InChI=1S/C19H21IN2O3S/c20-17-8-10-18(11-9-17)21-19(23)16-7-4-12-22(13-16)26(24,25)14-15-5-2-1-3-6-15/h1-3,5-6,8-11,16H,4,7,12-14H2,(H,21,23)/t16-/m0/s1. The summed E-state index contributed by atoms with van der Waals surface area (Å²) in [6.07, 6.45) is 1.40. The second-order valence-corrected chi connectivity index (χ2v) is 9.65. The lowest BCUT2D eigenvalue weighted by atomic mass is 9.99. The minimum absolute atomic E-state index is 0.0285. The quantitative estimate of drug-likeness (QED) is 0.662. The number of carbonyl (C=O) groups is 1. The maximum atomic E-state index is 12.7. The topological polar surface area (TPSA) is 66.5 Å². The van der Waals surface area contributed by atoms with Gasteiger partial charge in [0.2, 0.25) is 15.9 Å². The molecule has 0 radical (unpaired) electrons. The molecule has 1 N–H and O–H groups in total. The molecule has 1 heterocycles. The molecule has 1 fully saturated rings. The lowest BCUT2D eigenvalue weighted by Gasteiger charge is -2.31. The lowest BCUT2D eigenvalue weighted by Crippen LogP contribution is -2.44. The first-order valence-corrected chi connectivity index (χ1v) is 11.2. The number of anilines is 1. The van der Waals surface area contributed by atoms with Gasteiger partial charge >= 0.3 is 0 Å². The van der Waals surface area contributed by atoms with E-state index in [1.807, 2.05) is 54.6 Å². The summed E-state index contributed by atoms with van der Waals surface area (Å²) in [5.74, 6) is -0.473. The summed E-state index contributed by atoms with van der Waals surface area (Å²) in [6, 6.07) is 16.7. The van der Waals surface area contributed by atoms with Gasteiger partial charge < -0.3 is 5.32 Å². The van der Waals surface area contributed by atoms with Crippen LogP contribution >= 0.6 is 22.6 Å². The number of carbonyl (C=O) groups excluding carboxylic acids is 1. The second-order valence-electron chi connectivity index (χ2n) is 6.44. The Balaban J connectivity index is 1.64. The molecule has 1 aliphatic rings. The van der Waals surface area contributed by atoms with Crippen LogP contribution in [0.25, 0.3) is 0 Å². The van der Waals surface area contributed by atoms with Crippen molar-refractivity contribution in [1.82, 2.24) is 4.31 Å². The van der Waals surface area contributed by atoms with Gasteiger partial charge in [0.05, 0.1) is 11.7 Å². The first-order chi connectivity index (χ1) is 12.4. The number of amides is 1. The summed E-state index contributed by atoms with van der Waals surface area (Å²) < 4.78 is 28.0. The number of halogens is 1. The Morgan fingerprint density at radius 1 is 1.12 bits per heavy atom. The number of benzene rings is 2. The van der Waals surface area contributed by atoms with Crippen LogP contribution in [0.5, 0.6) is 0 Å². The number of nitrogens with zero attached hydrogens (tertiary/aromatic N) is 1. The van der Waals surface area contributed by atoms with E-state index in [0.717, 1.165) is 14.8 Å². The van der Waals surface area contributed by atoms with E-state index in [2.05, 4.69) is 27.9 Å². The Hall–Kier alpha value is -1.45. The minimum Gasteiger partial charge on any atom is -0.326 e. The van der Waals surface area contributed by atoms with Crippen molar-refractivity contribution in [3.8, 4) is 0 Å². The Morgan fingerprint density at radius 3 is 2.50 bits per heavy atom. The molecule has 138 valence electrons. The Kier molecular flexibility index (Phi) is 6.31. The van der Waals surface area contributed by atoms with Crippen LogP contribution in [0, 0.1) is 9.49 Å². The van der Waals surface area contributed by atoms with Crippen molar-refractivity contribution in [3.63, 3.8) is 0 Å². The van der Waals surface area contributed by atoms with Crippen LogP contribution < -0.4 is 5.32 Å². The Morgan fingerprint density at radius 2 is 1.81 bits per heavy atom. The molecule has 7 heteroatoms. The molecule has 0 saturated carbocycles. The Labute approximate surface area is 168 Å². The van der Waals surface area contributed by atoms with Crippen LogP contribution in [-0.2, 0) is 20.6 Å². The number of nitrogens with one attached hydrogen (secondary N) is 1. The largest absolute Gasteiger partial charge is 0.326 e. The third kappa shape index (κ3) is 5.05. The zero-order valence-electron chi connectivity index (χ0n) is 14.3. The molecule has 26 heavy (non-hydrogen) atoms. The number of rotatable bonds is 5. The highest BCUT2D eigenvalue weighted by atomic mass is 127. The number of piperidine rings is 1. The molecule has 0 aliphatic carbocycles. The van der Waals surface area contributed by atoms with Gasteiger partial charge in [-0.2, -0.15) is 0 Å². The number of hydrogen-bond acceptors (Lipinski definition) is 3. The highest BCUT2D eigenvalue weighted by molar-refractivity contribution is 14.1. The molecule has 5 nitrogen and oxygen atoms in total. The van der Waals surface area contributed by atoms with Crippen LogP contribution in [0.3, 0.4) is 0 Å². The summed E-state index contributed by atoms with van der Waals surface area (Å²) in [5.41, 5.74) is 1.50. The van der Waals surface area contributed by atoms with E-state index in [1.165, 1.54) is 4.31 Å². The van der Waals surface area contributed by atoms with Crippen LogP contribution in [0.4, 0.5) is 5.69 Å². The van der Waals surface area contributed by atoms with Gasteiger partial charge in [0.1, 0.15) is 0 Å². The molecule has 3 rings (SSSR count). The zero-order valence-corrected chi connectivity index (χ0v) is 17.2. The van der Waals surface area contributed by atoms with E-state index < -0.39 is 10.0 Å². The van der Waals surface area contributed by atoms with Crippen molar-refractivity contribution < 1.29 is 13.2 Å². The normalized spacial score (nSPS) is 18.4.